The molecule has 2 aromatic rings. The highest BCUT2D eigenvalue weighted by Gasteiger charge is 2.44. The highest BCUT2D eigenvalue weighted by Crippen LogP contribution is 2.49. The zero-order valence-corrected chi connectivity index (χ0v) is 16.6. The molecule has 2 aliphatic carbocycles. The first kappa shape index (κ1) is 17.8. The Hall–Kier alpha value is -1.60. The van der Waals surface area contributed by atoms with Crippen molar-refractivity contribution in [2.75, 3.05) is 0 Å². The largest absolute Gasteiger partial charge is 0.307 e. The van der Waals surface area contributed by atoms with E-state index in [2.05, 4.69) is 74.6 Å². The van der Waals surface area contributed by atoms with Gasteiger partial charge in [-0.15, -0.1) is 0 Å². The van der Waals surface area contributed by atoms with Crippen LogP contribution in [0.3, 0.4) is 0 Å². The second-order valence-corrected chi connectivity index (χ2v) is 9.01. The summed E-state index contributed by atoms with van der Waals surface area (Å²) in [5.74, 6) is 2.13. The molecule has 0 saturated heterocycles. The zero-order chi connectivity index (χ0) is 18.1. The Kier molecular flexibility index (Phi) is 4.92. The molecule has 2 aliphatic rings. The van der Waals surface area contributed by atoms with Crippen LogP contribution in [0.2, 0.25) is 0 Å². The van der Waals surface area contributed by atoms with Gasteiger partial charge in [0, 0.05) is 12.1 Å². The quantitative estimate of drug-likeness (QED) is 0.695. The first-order valence-corrected chi connectivity index (χ1v) is 10.5. The van der Waals surface area contributed by atoms with Gasteiger partial charge in [0.1, 0.15) is 0 Å². The molecule has 3 atom stereocenters. The van der Waals surface area contributed by atoms with Crippen molar-refractivity contribution in [2.24, 2.45) is 5.92 Å². The summed E-state index contributed by atoms with van der Waals surface area (Å²) < 4.78 is 0. The van der Waals surface area contributed by atoms with Gasteiger partial charge in [-0.05, 0) is 72.6 Å². The summed E-state index contributed by atoms with van der Waals surface area (Å²) in [6.45, 7) is 8.08. The highest BCUT2D eigenvalue weighted by molar-refractivity contribution is 5.39. The van der Waals surface area contributed by atoms with Crippen molar-refractivity contribution in [1.82, 2.24) is 5.32 Å². The first-order valence-electron chi connectivity index (χ1n) is 10.5. The van der Waals surface area contributed by atoms with Crippen LogP contribution in [-0.4, -0.2) is 5.54 Å². The van der Waals surface area contributed by atoms with Crippen molar-refractivity contribution < 1.29 is 0 Å². The lowest BCUT2D eigenvalue weighted by Gasteiger charge is -2.50. The Labute approximate surface area is 159 Å². The number of fused-ring (bicyclic) bond motifs is 3. The molecular formula is C25H33N. The van der Waals surface area contributed by atoms with Crippen molar-refractivity contribution in [3.63, 3.8) is 0 Å². The fourth-order valence-electron chi connectivity index (χ4n) is 5.41. The molecule has 0 amide bonds. The van der Waals surface area contributed by atoms with Crippen LogP contribution in [-0.2, 0) is 13.0 Å². The van der Waals surface area contributed by atoms with Gasteiger partial charge in [-0.25, -0.2) is 0 Å². The SMILES string of the molecule is CC(C)c1ccc2c(c1)CCC1C2CCCC1(C)NCc1ccccc1. The predicted molar refractivity (Wildman–Crippen MR) is 111 cm³/mol. The third-order valence-electron chi connectivity index (χ3n) is 7.01. The monoisotopic (exact) mass is 347 g/mol. The maximum atomic E-state index is 3.97. The molecule has 1 heteroatoms. The normalized spacial score (nSPS) is 27.8. The minimum absolute atomic E-state index is 0.257. The van der Waals surface area contributed by atoms with Gasteiger partial charge >= 0.3 is 0 Å². The Morgan fingerprint density at radius 2 is 1.88 bits per heavy atom. The van der Waals surface area contributed by atoms with E-state index in [1.54, 1.807) is 11.1 Å². The van der Waals surface area contributed by atoms with E-state index < -0.39 is 0 Å². The summed E-state index contributed by atoms with van der Waals surface area (Å²) in [4.78, 5) is 0. The first-order chi connectivity index (χ1) is 12.6. The highest BCUT2D eigenvalue weighted by atomic mass is 15.0. The lowest BCUT2D eigenvalue weighted by Crippen LogP contribution is -2.53. The molecule has 1 nitrogen and oxygen atoms in total. The average Bonchev–Trinajstić information content (AvgIpc) is 2.67. The summed E-state index contributed by atoms with van der Waals surface area (Å²) in [5.41, 5.74) is 6.44. The van der Waals surface area contributed by atoms with Gasteiger partial charge in [-0.2, -0.15) is 0 Å². The van der Waals surface area contributed by atoms with E-state index in [9.17, 15) is 0 Å². The number of benzene rings is 2. The summed E-state index contributed by atoms with van der Waals surface area (Å²) in [6.07, 6.45) is 6.59. The Morgan fingerprint density at radius 1 is 1.08 bits per heavy atom. The summed E-state index contributed by atoms with van der Waals surface area (Å²) in [5, 5.41) is 3.97. The van der Waals surface area contributed by atoms with Crippen LogP contribution < -0.4 is 5.32 Å². The molecule has 3 unspecified atom stereocenters. The van der Waals surface area contributed by atoms with Gasteiger partial charge < -0.3 is 5.32 Å². The van der Waals surface area contributed by atoms with Crippen molar-refractivity contribution in [3.05, 3.63) is 70.8 Å². The molecule has 1 fully saturated rings. The van der Waals surface area contributed by atoms with E-state index in [0.29, 0.717) is 5.92 Å². The van der Waals surface area contributed by atoms with Crippen molar-refractivity contribution in [2.45, 2.75) is 76.8 Å². The van der Waals surface area contributed by atoms with Gasteiger partial charge in [0.05, 0.1) is 0 Å². The van der Waals surface area contributed by atoms with Crippen LogP contribution in [0.1, 0.15) is 80.5 Å². The van der Waals surface area contributed by atoms with Gasteiger partial charge in [-0.1, -0.05) is 68.8 Å². The van der Waals surface area contributed by atoms with Crippen molar-refractivity contribution in [1.29, 1.82) is 0 Å². The summed E-state index contributed by atoms with van der Waals surface area (Å²) in [6, 6.07) is 18.2. The molecule has 0 heterocycles. The third kappa shape index (κ3) is 3.34. The van der Waals surface area contributed by atoms with E-state index in [1.165, 1.54) is 43.2 Å². The van der Waals surface area contributed by atoms with E-state index in [-0.39, 0.29) is 5.54 Å². The Morgan fingerprint density at radius 3 is 2.65 bits per heavy atom. The molecule has 26 heavy (non-hydrogen) atoms. The lowest BCUT2D eigenvalue weighted by atomic mass is 9.60. The Balaban J connectivity index is 1.55. The van der Waals surface area contributed by atoms with Gasteiger partial charge in [0.15, 0.2) is 0 Å². The average molecular weight is 348 g/mol. The second-order valence-electron chi connectivity index (χ2n) is 9.01. The summed E-state index contributed by atoms with van der Waals surface area (Å²) in [7, 11) is 0. The minimum atomic E-state index is 0.257. The standard InChI is InChI=1S/C25H33N/c1-18(2)20-11-13-22-21(16-20)12-14-24-23(22)10-7-15-25(24,3)26-17-19-8-5-4-6-9-19/h4-6,8-9,11,13,16,18,23-24,26H,7,10,12,14-15,17H2,1-3H3. The lowest BCUT2D eigenvalue weighted by molar-refractivity contribution is 0.118. The molecular weight excluding hydrogens is 314 g/mol. The van der Waals surface area contributed by atoms with E-state index in [1.807, 2.05) is 0 Å². The number of aryl methyl sites for hydroxylation is 1. The molecule has 0 aromatic heterocycles. The van der Waals surface area contributed by atoms with Crippen molar-refractivity contribution >= 4 is 0 Å². The number of hydrogen-bond acceptors (Lipinski definition) is 1. The molecule has 138 valence electrons. The van der Waals surface area contributed by atoms with E-state index in [4.69, 9.17) is 0 Å². The minimum Gasteiger partial charge on any atom is -0.307 e. The van der Waals surface area contributed by atoms with Crippen molar-refractivity contribution in [3.8, 4) is 0 Å². The molecule has 0 aliphatic heterocycles. The number of rotatable bonds is 4. The number of nitrogens with one attached hydrogen (secondary N) is 1. The number of hydrogen-bond donors (Lipinski definition) is 1. The molecule has 2 aromatic carbocycles. The van der Waals surface area contributed by atoms with Crippen LogP contribution in [0.5, 0.6) is 0 Å². The molecule has 0 radical (unpaired) electrons. The maximum Gasteiger partial charge on any atom is 0.0210 e. The molecule has 0 spiro atoms. The molecule has 4 rings (SSSR count). The topological polar surface area (TPSA) is 12.0 Å². The summed E-state index contributed by atoms with van der Waals surface area (Å²) >= 11 is 0. The molecule has 1 saturated carbocycles. The predicted octanol–water partition coefficient (Wildman–Crippen LogP) is 6.19. The second kappa shape index (κ2) is 7.19. The van der Waals surface area contributed by atoms with Crippen LogP contribution >= 0.6 is 0 Å². The third-order valence-corrected chi connectivity index (χ3v) is 7.01. The van der Waals surface area contributed by atoms with Crippen LogP contribution in [0.25, 0.3) is 0 Å². The smallest absolute Gasteiger partial charge is 0.0210 e. The van der Waals surface area contributed by atoms with Gasteiger partial charge in [0.25, 0.3) is 0 Å². The van der Waals surface area contributed by atoms with Gasteiger partial charge in [0.2, 0.25) is 0 Å². The van der Waals surface area contributed by atoms with Crippen LogP contribution in [0.4, 0.5) is 0 Å². The van der Waals surface area contributed by atoms with E-state index in [0.717, 1.165) is 18.4 Å². The fourth-order valence-corrected chi connectivity index (χ4v) is 5.41. The molecule has 0 bridgehead atoms. The van der Waals surface area contributed by atoms with Gasteiger partial charge in [-0.3, -0.25) is 0 Å². The molecule has 1 N–H and O–H groups in total. The maximum absolute atomic E-state index is 3.97. The van der Waals surface area contributed by atoms with Crippen LogP contribution in [0.15, 0.2) is 48.5 Å². The Bertz CT molecular complexity index is 748. The zero-order valence-electron chi connectivity index (χ0n) is 16.6. The van der Waals surface area contributed by atoms with Crippen LogP contribution in [0, 0.1) is 5.92 Å². The van der Waals surface area contributed by atoms with E-state index >= 15 is 0 Å². The fraction of sp³-hybridized carbons (Fsp3) is 0.520.